The molecule has 0 spiro atoms. The molecule has 1 fully saturated rings. The van der Waals surface area contributed by atoms with Gasteiger partial charge in [0.25, 0.3) is 0 Å². The zero-order valence-electron chi connectivity index (χ0n) is 12.6. The van der Waals surface area contributed by atoms with Crippen LogP contribution in [0, 0.1) is 0 Å². The van der Waals surface area contributed by atoms with Crippen molar-refractivity contribution in [3.8, 4) is 5.75 Å². The van der Waals surface area contributed by atoms with Crippen molar-refractivity contribution in [3.05, 3.63) is 29.8 Å². The Bertz CT molecular complexity index is 573. The second kappa shape index (κ2) is 6.31. The lowest BCUT2D eigenvalue weighted by Crippen LogP contribution is -2.40. The average molecular weight is 314 g/mol. The Kier molecular flexibility index (Phi) is 4.88. The summed E-state index contributed by atoms with van der Waals surface area (Å²) in [4.78, 5) is 1.98. The van der Waals surface area contributed by atoms with Gasteiger partial charge in [-0.1, -0.05) is 12.1 Å². The molecule has 6 nitrogen and oxygen atoms in total. The van der Waals surface area contributed by atoms with E-state index < -0.39 is 16.1 Å². The summed E-state index contributed by atoms with van der Waals surface area (Å²) in [5.41, 5.74) is 1.09. The second-order valence-corrected chi connectivity index (χ2v) is 7.46. The first-order chi connectivity index (χ1) is 9.81. The van der Waals surface area contributed by atoms with Crippen molar-refractivity contribution in [1.29, 1.82) is 0 Å². The monoisotopic (exact) mass is 314 g/mol. The SMILES string of the molecule is COc1ccc(CN(C)[C@@H]2CN(S(C)(=O)=O)C[C@H]2O)cc1. The highest BCUT2D eigenvalue weighted by Gasteiger charge is 2.37. The van der Waals surface area contributed by atoms with Gasteiger partial charge in [-0.3, -0.25) is 4.90 Å². The molecule has 1 saturated heterocycles. The van der Waals surface area contributed by atoms with Crippen molar-refractivity contribution in [2.45, 2.75) is 18.7 Å². The van der Waals surface area contributed by atoms with Gasteiger partial charge in [0.15, 0.2) is 0 Å². The average Bonchev–Trinajstić information content (AvgIpc) is 2.82. The molecule has 0 amide bonds. The molecule has 1 N–H and O–H groups in total. The molecule has 21 heavy (non-hydrogen) atoms. The van der Waals surface area contributed by atoms with Gasteiger partial charge in [-0.05, 0) is 24.7 Å². The van der Waals surface area contributed by atoms with Crippen LogP contribution in [0.2, 0.25) is 0 Å². The van der Waals surface area contributed by atoms with E-state index in [0.717, 1.165) is 11.3 Å². The lowest BCUT2D eigenvalue weighted by Gasteiger charge is -2.26. The Hall–Kier alpha value is -1.15. The number of hydrogen-bond acceptors (Lipinski definition) is 5. The summed E-state index contributed by atoms with van der Waals surface area (Å²) in [6, 6.07) is 7.51. The van der Waals surface area contributed by atoms with E-state index in [-0.39, 0.29) is 12.6 Å². The van der Waals surface area contributed by atoms with Crippen LogP contribution in [0.3, 0.4) is 0 Å². The number of hydrogen-bond donors (Lipinski definition) is 1. The minimum absolute atomic E-state index is 0.163. The lowest BCUT2D eigenvalue weighted by atomic mass is 10.1. The number of ether oxygens (including phenoxy) is 1. The smallest absolute Gasteiger partial charge is 0.211 e. The summed E-state index contributed by atoms with van der Waals surface area (Å²) in [5, 5.41) is 10.1. The summed E-state index contributed by atoms with van der Waals surface area (Å²) in [6.45, 7) is 1.13. The fraction of sp³-hybridized carbons (Fsp3) is 0.571. The first-order valence-corrected chi connectivity index (χ1v) is 8.62. The van der Waals surface area contributed by atoms with Gasteiger partial charge in [-0.2, -0.15) is 4.31 Å². The third-order valence-corrected chi connectivity index (χ3v) is 5.09. The summed E-state index contributed by atoms with van der Waals surface area (Å²) < 4.78 is 29.6. The number of benzene rings is 1. The highest BCUT2D eigenvalue weighted by Crippen LogP contribution is 2.20. The van der Waals surface area contributed by atoms with Crippen LogP contribution >= 0.6 is 0 Å². The number of β-amino-alcohol motifs (C(OH)–C–C–N with tert-alkyl or cyclic N) is 1. The van der Waals surface area contributed by atoms with Crippen molar-refractivity contribution >= 4 is 10.0 Å². The molecule has 1 aromatic rings. The van der Waals surface area contributed by atoms with E-state index in [2.05, 4.69) is 0 Å². The van der Waals surface area contributed by atoms with Gasteiger partial charge in [0.1, 0.15) is 5.75 Å². The number of nitrogens with zero attached hydrogens (tertiary/aromatic N) is 2. The minimum atomic E-state index is -3.25. The third-order valence-electron chi connectivity index (χ3n) is 3.85. The van der Waals surface area contributed by atoms with Crippen LogP contribution in [0.15, 0.2) is 24.3 Å². The minimum Gasteiger partial charge on any atom is -0.497 e. The number of aliphatic hydroxyl groups is 1. The quantitative estimate of drug-likeness (QED) is 0.837. The van der Waals surface area contributed by atoms with E-state index in [4.69, 9.17) is 4.74 Å². The number of aliphatic hydroxyl groups excluding tert-OH is 1. The number of methoxy groups -OCH3 is 1. The molecule has 2 rings (SSSR count). The fourth-order valence-electron chi connectivity index (χ4n) is 2.58. The first kappa shape index (κ1) is 16.2. The maximum Gasteiger partial charge on any atom is 0.211 e. The number of sulfonamides is 1. The summed E-state index contributed by atoms with van der Waals surface area (Å²) >= 11 is 0. The van der Waals surface area contributed by atoms with E-state index >= 15 is 0 Å². The molecule has 1 aliphatic heterocycles. The topological polar surface area (TPSA) is 70.1 Å². The molecule has 0 unspecified atom stereocenters. The van der Waals surface area contributed by atoms with E-state index in [1.54, 1.807) is 7.11 Å². The predicted octanol–water partition coefficient (Wildman–Crippen LogP) is 0.132. The predicted molar refractivity (Wildman–Crippen MR) is 80.7 cm³/mol. The van der Waals surface area contributed by atoms with Crippen molar-refractivity contribution in [2.75, 3.05) is 33.5 Å². The Morgan fingerprint density at radius 2 is 1.95 bits per heavy atom. The maximum absolute atomic E-state index is 11.6. The molecule has 118 valence electrons. The van der Waals surface area contributed by atoms with Crippen LogP contribution in [0.1, 0.15) is 5.56 Å². The van der Waals surface area contributed by atoms with Crippen LogP contribution in [-0.4, -0.2) is 68.4 Å². The molecule has 0 aromatic heterocycles. The second-order valence-electron chi connectivity index (χ2n) is 5.48. The molecule has 0 saturated carbocycles. The third kappa shape index (κ3) is 3.94. The van der Waals surface area contributed by atoms with Gasteiger partial charge in [0.05, 0.1) is 25.5 Å². The molecule has 1 aliphatic rings. The highest BCUT2D eigenvalue weighted by molar-refractivity contribution is 7.88. The molecule has 1 heterocycles. The van der Waals surface area contributed by atoms with Gasteiger partial charge in [-0.15, -0.1) is 0 Å². The van der Waals surface area contributed by atoms with Crippen LogP contribution in [-0.2, 0) is 16.6 Å². The van der Waals surface area contributed by atoms with E-state index in [0.29, 0.717) is 13.1 Å². The van der Waals surface area contributed by atoms with Crippen molar-refractivity contribution < 1.29 is 18.3 Å². The molecule has 0 radical (unpaired) electrons. The number of likely N-dealkylation sites (N-methyl/N-ethyl adjacent to an activating group) is 1. The van der Waals surface area contributed by atoms with Crippen molar-refractivity contribution in [3.63, 3.8) is 0 Å². The zero-order valence-corrected chi connectivity index (χ0v) is 13.4. The molecule has 0 aliphatic carbocycles. The molecule has 7 heteroatoms. The Morgan fingerprint density at radius 3 is 2.43 bits per heavy atom. The summed E-state index contributed by atoms with van der Waals surface area (Å²) in [6.07, 6.45) is 0.508. The molecule has 1 aromatic carbocycles. The molecular formula is C14H22N2O4S. The Morgan fingerprint density at radius 1 is 1.33 bits per heavy atom. The van der Waals surface area contributed by atoms with E-state index in [1.807, 2.05) is 36.2 Å². The maximum atomic E-state index is 11.6. The molecule has 2 atom stereocenters. The standard InChI is InChI=1S/C14H22N2O4S/c1-15(8-11-4-6-12(20-2)7-5-11)13-9-16(10-14(13)17)21(3,18)19/h4-7,13-14,17H,8-10H2,1-3H3/t13-,14-/m1/s1. The fourth-order valence-corrected chi connectivity index (χ4v) is 3.42. The normalized spacial score (nSPS) is 23.7. The Labute approximate surface area is 126 Å². The van der Waals surface area contributed by atoms with Crippen molar-refractivity contribution in [1.82, 2.24) is 9.21 Å². The van der Waals surface area contributed by atoms with Crippen LogP contribution in [0.5, 0.6) is 5.75 Å². The molecule has 0 bridgehead atoms. The summed E-state index contributed by atoms with van der Waals surface area (Å²) in [5.74, 6) is 0.797. The van der Waals surface area contributed by atoms with Gasteiger partial charge >= 0.3 is 0 Å². The highest BCUT2D eigenvalue weighted by atomic mass is 32.2. The van der Waals surface area contributed by atoms with Gasteiger partial charge in [0, 0.05) is 19.6 Å². The van der Waals surface area contributed by atoms with E-state index in [9.17, 15) is 13.5 Å². The Balaban J connectivity index is 2.01. The van der Waals surface area contributed by atoms with E-state index in [1.165, 1.54) is 10.6 Å². The van der Waals surface area contributed by atoms with Gasteiger partial charge < -0.3 is 9.84 Å². The first-order valence-electron chi connectivity index (χ1n) is 6.77. The van der Waals surface area contributed by atoms with Gasteiger partial charge in [-0.25, -0.2) is 8.42 Å². The van der Waals surface area contributed by atoms with Crippen LogP contribution < -0.4 is 4.74 Å². The van der Waals surface area contributed by atoms with Gasteiger partial charge in [0.2, 0.25) is 10.0 Å². The lowest BCUT2D eigenvalue weighted by molar-refractivity contribution is 0.0953. The zero-order chi connectivity index (χ0) is 15.6. The number of rotatable bonds is 5. The molecular weight excluding hydrogens is 292 g/mol. The summed E-state index contributed by atoms with van der Waals surface area (Å²) in [7, 11) is 0.260. The van der Waals surface area contributed by atoms with Crippen molar-refractivity contribution in [2.24, 2.45) is 0 Å². The van der Waals surface area contributed by atoms with Crippen LogP contribution in [0.4, 0.5) is 0 Å². The largest absolute Gasteiger partial charge is 0.497 e. The van der Waals surface area contributed by atoms with Crippen LogP contribution in [0.25, 0.3) is 0 Å².